The molecule has 0 N–H and O–H groups in total. The number of carbonyl (C=O) groups is 3. The average Bonchev–Trinajstić information content (AvgIpc) is 3.41. The van der Waals surface area contributed by atoms with Crippen LogP contribution < -0.4 is 0 Å². The number of carbonyl (C=O) groups excluding carboxylic acids is 3. The van der Waals surface area contributed by atoms with Crippen LogP contribution in [0.25, 0.3) is 0 Å². The van der Waals surface area contributed by atoms with Crippen LogP contribution in [0.5, 0.6) is 0 Å². The van der Waals surface area contributed by atoms with Crippen molar-refractivity contribution in [2.45, 2.75) is 26.9 Å². The molecular formula is C69H14O6. The molecule has 0 aromatic rings. The maximum atomic E-state index is 12.4. The Bertz CT molecular complexity index is 4250. The van der Waals surface area contributed by atoms with Gasteiger partial charge in [0.25, 0.3) is 0 Å². The number of hydrogen-bond donors (Lipinski definition) is 0. The van der Waals surface area contributed by atoms with Gasteiger partial charge in [-0.1, -0.05) is 17.8 Å². The first-order chi connectivity index (χ1) is 37.0. The van der Waals surface area contributed by atoms with Crippen LogP contribution in [-0.4, -0.2) is 37.2 Å². The van der Waals surface area contributed by atoms with Crippen LogP contribution in [0, 0.1) is 355 Å². The van der Waals surface area contributed by atoms with E-state index in [-0.39, 0.29) is 0 Å². The second kappa shape index (κ2) is 51.8. The monoisotopic (exact) mass is 938 g/mol. The Hall–Kier alpha value is -14.8. The van der Waals surface area contributed by atoms with Crippen LogP contribution in [0.15, 0.2) is 0 Å². The first-order valence-corrected chi connectivity index (χ1v) is 19.4. The van der Waals surface area contributed by atoms with Crippen LogP contribution in [0.1, 0.15) is 20.8 Å². The molecule has 0 saturated heterocycles. The largest absolute Gasteiger partial charge is 0.452 e. The molecule has 0 aromatic heterocycles. The average molecular weight is 939 g/mol. The second-order valence-corrected chi connectivity index (χ2v) is 10.1. The highest BCUT2D eigenvalue weighted by Crippen LogP contribution is 1.98. The second-order valence-electron chi connectivity index (χ2n) is 10.1. The van der Waals surface area contributed by atoms with E-state index in [0.717, 1.165) is 0 Å². The lowest BCUT2D eigenvalue weighted by molar-refractivity contribution is -0.158. The van der Waals surface area contributed by atoms with Crippen molar-refractivity contribution < 1.29 is 28.6 Å². The maximum Gasteiger partial charge on any atom is 0.385 e. The first kappa shape index (κ1) is 60.2. The van der Waals surface area contributed by atoms with Crippen LogP contribution in [0.3, 0.4) is 0 Å². The quantitative estimate of drug-likeness (QED) is 0.169. The Morgan fingerprint density at radius 3 is 0.547 bits per heavy atom. The van der Waals surface area contributed by atoms with Crippen LogP contribution in [0.2, 0.25) is 0 Å². The fraction of sp³-hybridized carbons (Fsp3) is 0.0870. The van der Waals surface area contributed by atoms with E-state index in [9.17, 15) is 14.4 Å². The highest BCUT2D eigenvalue weighted by atomic mass is 16.6. The molecule has 0 spiro atoms. The number of ether oxygens (including phenoxy) is 3. The van der Waals surface area contributed by atoms with E-state index >= 15 is 0 Å². The minimum absolute atomic E-state index is 0.624. The van der Waals surface area contributed by atoms with E-state index in [0.29, 0.717) is 0 Å². The molecule has 326 valence electrons. The molecule has 0 rings (SSSR count). The Kier molecular flexibility index (Phi) is 41.6. The third-order valence-electron chi connectivity index (χ3n) is 5.13. The molecule has 0 aliphatic carbocycles. The van der Waals surface area contributed by atoms with Gasteiger partial charge in [0, 0.05) is 53.3 Å². The van der Waals surface area contributed by atoms with Crippen molar-refractivity contribution in [2.24, 2.45) is 0 Å². The number of rotatable bonds is 5. The zero-order valence-electron chi connectivity index (χ0n) is 38.9. The van der Waals surface area contributed by atoms with Crippen molar-refractivity contribution in [3.8, 4) is 355 Å². The Morgan fingerprint density at radius 2 is 0.373 bits per heavy atom. The summed E-state index contributed by atoms with van der Waals surface area (Å²) in [6.07, 6.45) is -1.37. The first-order valence-electron chi connectivity index (χ1n) is 19.4. The van der Waals surface area contributed by atoms with E-state index < -0.39 is 37.2 Å². The summed E-state index contributed by atoms with van der Waals surface area (Å²) in [5.74, 6) is 142. The summed E-state index contributed by atoms with van der Waals surface area (Å²) in [6.45, 7) is 3.73. The smallest absolute Gasteiger partial charge is 0.385 e. The topological polar surface area (TPSA) is 78.9 Å². The Labute approximate surface area is 439 Å². The molecule has 0 bridgehead atoms. The van der Waals surface area contributed by atoms with Crippen molar-refractivity contribution in [1.82, 2.24) is 0 Å². The van der Waals surface area contributed by atoms with Gasteiger partial charge >= 0.3 is 17.9 Å². The van der Waals surface area contributed by atoms with Gasteiger partial charge in [0.05, 0.1) is 0 Å². The molecule has 6 heteroatoms. The molecule has 75 heavy (non-hydrogen) atoms. The molecule has 0 fully saturated rings. The SMILES string of the molecule is CC#CC#CC#CC#CC#CC#CC#CC#CC#CC#CC(=O)OCC(COC(=O)C#CC#CC#CC#CC#CC#CC#CC#CC#CC#CC)OC(=O)C#CC#CC#CC#CC#CC#CC#CC#CC#CC#CC. The maximum absolute atomic E-state index is 12.4. The molecule has 6 nitrogen and oxygen atoms in total. The van der Waals surface area contributed by atoms with E-state index in [1.54, 1.807) is 20.8 Å². The molecule has 0 saturated carbocycles. The van der Waals surface area contributed by atoms with Crippen molar-refractivity contribution >= 4 is 17.9 Å². The normalized spacial score (nSPS) is 5.12. The van der Waals surface area contributed by atoms with E-state index in [1.165, 1.54) is 0 Å². The van der Waals surface area contributed by atoms with Crippen LogP contribution in [0.4, 0.5) is 0 Å². The standard InChI is InChI=1S/C69H14O6/c1-4-7-10-13-16-19-22-25-28-31-34-37-40-43-46-49-52-55-58-61-67(70)73-64-66(75-69(72)63-60-57-54-51-48-45-42-39-36-33-30-27-24-21-18-15-12-9-6-3)65-74-68(71)62-59-56-53-50-47-44-41-38-35-32-29-26-23-20-17-14-11-8-5-2/h66H,64-65H2,1-3H3. The summed E-state index contributed by atoms with van der Waals surface area (Å²) in [7, 11) is 0. The minimum Gasteiger partial charge on any atom is -0.452 e. The number of hydrogen-bond acceptors (Lipinski definition) is 6. The molecule has 0 aromatic carbocycles. The van der Waals surface area contributed by atoms with Crippen LogP contribution >= 0.6 is 0 Å². The Balaban J connectivity index is 5.70. The van der Waals surface area contributed by atoms with Gasteiger partial charge in [-0.05, 0) is 305 Å². The summed E-state index contributed by atoms with van der Waals surface area (Å²) in [5.41, 5.74) is 0. The summed E-state index contributed by atoms with van der Waals surface area (Å²) in [5, 5.41) is 0. The highest BCUT2D eigenvalue weighted by Gasteiger charge is 2.18. The van der Waals surface area contributed by atoms with Crippen molar-refractivity contribution in [2.75, 3.05) is 13.2 Å². The Morgan fingerprint density at radius 1 is 0.227 bits per heavy atom. The van der Waals surface area contributed by atoms with Gasteiger partial charge < -0.3 is 14.2 Å². The lowest BCUT2D eigenvalue weighted by Gasteiger charge is -2.15. The lowest BCUT2D eigenvalue weighted by Crippen LogP contribution is -2.30. The van der Waals surface area contributed by atoms with Gasteiger partial charge in [-0.25, -0.2) is 14.4 Å². The predicted octanol–water partition coefficient (Wildman–Crippen LogP) is 0.146. The fourth-order valence-corrected chi connectivity index (χ4v) is 2.64. The van der Waals surface area contributed by atoms with E-state index in [1.807, 2.05) is 0 Å². The molecule has 0 aliphatic rings. The van der Waals surface area contributed by atoms with Gasteiger partial charge in [-0.2, -0.15) is 0 Å². The zero-order valence-corrected chi connectivity index (χ0v) is 38.9. The molecule has 0 unspecified atom stereocenters. The fourth-order valence-electron chi connectivity index (χ4n) is 2.64. The van der Waals surface area contributed by atoms with Crippen LogP contribution in [-0.2, 0) is 28.6 Å². The minimum atomic E-state index is -1.37. The molecule has 0 atom stereocenters. The van der Waals surface area contributed by atoms with E-state index in [2.05, 4.69) is 355 Å². The molecular weight excluding hydrogens is 925 g/mol. The predicted molar refractivity (Wildman–Crippen MR) is 282 cm³/mol. The van der Waals surface area contributed by atoms with Gasteiger partial charge in [-0.15, -0.1) is 0 Å². The van der Waals surface area contributed by atoms with Crippen molar-refractivity contribution in [3.63, 3.8) is 0 Å². The third kappa shape index (κ3) is 50.1. The number of esters is 3. The summed E-state index contributed by atoms with van der Waals surface area (Å²) in [6, 6.07) is 0. The highest BCUT2D eigenvalue weighted by molar-refractivity contribution is 5.90. The van der Waals surface area contributed by atoms with Gasteiger partial charge in [0.15, 0.2) is 6.10 Å². The van der Waals surface area contributed by atoms with E-state index in [4.69, 9.17) is 14.2 Å². The molecule has 0 amide bonds. The summed E-state index contributed by atoms with van der Waals surface area (Å²) >= 11 is 0. The van der Waals surface area contributed by atoms with Gasteiger partial charge in [0.1, 0.15) is 13.2 Å². The lowest BCUT2D eigenvalue weighted by atomic mass is 10.4. The zero-order chi connectivity index (χ0) is 54.3. The van der Waals surface area contributed by atoms with Crippen molar-refractivity contribution in [1.29, 1.82) is 0 Å². The third-order valence-corrected chi connectivity index (χ3v) is 5.13. The van der Waals surface area contributed by atoms with Crippen molar-refractivity contribution in [3.05, 3.63) is 0 Å². The molecule has 0 radical (unpaired) electrons. The van der Waals surface area contributed by atoms with Gasteiger partial charge in [0.2, 0.25) is 0 Å². The van der Waals surface area contributed by atoms with Gasteiger partial charge in [-0.3, -0.25) is 0 Å². The molecule has 0 heterocycles. The molecule has 0 aliphatic heterocycles. The summed E-state index contributed by atoms with van der Waals surface area (Å²) < 4.78 is 15.2. The summed E-state index contributed by atoms with van der Waals surface area (Å²) in [4.78, 5) is 36.8.